The van der Waals surface area contributed by atoms with E-state index in [-0.39, 0.29) is 0 Å². The zero-order chi connectivity index (χ0) is 13.2. The molecule has 18 heavy (non-hydrogen) atoms. The van der Waals surface area contributed by atoms with E-state index in [0.29, 0.717) is 17.6 Å². The van der Waals surface area contributed by atoms with Crippen LogP contribution in [0.3, 0.4) is 0 Å². The Morgan fingerprint density at radius 3 is 2.61 bits per heavy atom. The summed E-state index contributed by atoms with van der Waals surface area (Å²) < 4.78 is 5.42. The third-order valence-corrected chi connectivity index (χ3v) is 4.97. The van der Waals surface area contributed by atoms with Crippen LogP contribution in [-0.4, -0.2) is 49.3 Å². The number of hydrogen-bond donors (Lipinski definition) is 1. The second-order valence-corrected chi connectivity index (χ2v) is 6.32. The van der Waals surface area contributed by atoms with Gasteiger partial charge in [-0.1, -0.05) is 13.8 Å². The molecule has 2 fully saturated rings. The number of hydrogen-bond acceptors (Lipinski definition) is 3. The molecule has 0 radical (unpaired) electrons. The third kappa shape index (κ3) is 2.89. The van der Waals surface area contributed by atoms with Crippen molar-refractivity contribution in [2.75, 3.05) is 26.8 Å². The number of nitrogens with zero attached hydrogens (tertiary/aromatic N) is 1. The molecular formula is C15H30N2O. The van der Waals surface area contributed by atoms with E-state index >= 15 is 0 Å². The van der Waals surface area contributed by atoms with E-state index in [1.54, 1.807) is 0 Å². The average Bonchev–Trinajstić information content (AvgIpc) is 3.20. The smallest absolute Gasteiger partial charge is 0.0618 e. The molecule has 0 spiro atoms. The van der Waals surface area contributed by atoms with Crippen molar-refractivity contribution < 1.29 is 4.74 Å². The minimum absolute atomic E-state index is 0.340. The van der Waals surface area contributed by atoms with Crippen molar-refractivity contribution in [1.82, 2.24) is 10.2 Å². The van der Waals surface area contributed by atoms with Crippen molar-refractivity contribution in [2.45, 2.75) is 64.1 Å². The topological polar surface area (TPSA) is 24.5 Å². The van der Waals surface area contributed by atoms with Gasteiger partial charge in [0.2, 0.25) is 0 Å². The fraction of sp³-hybridized carbons (Fsp3) is 1.00. The van der Waals surface area contributed by atoms with Gasteiger partial charge >= 0.3 is 0 Å². The van der Waals surface area contributed by atoms with E-state index < -0.39 is 0 Å². The Balaban J connectivity index is 2.06. The molecule has 0 amide bonds. The summed E-state index contributed by atoms with van der Waals surface area (Å²) >= 11 is 0. The van der Waals surface area contributed by atoms with Crippen LogP contribution < -0.4 is 5.32 Å². The first-order chi connectivity index (χ1) is 8.64. The van der Waals surface area contributed by atoms with E-state index in [0.717, 1.165) is 19.1 Å². The SMILES string of the molecule is CCC1CNC(C)(C2CC2)CN1C(CC)COC. The zero-order valence-electron chi connectivity index (χ0n) is 12.5. The number of rotatable bonds is 6. The lowest BCUT2D eigenvalue weighted by atomic mass is 9.89. The highest BCUT2D eigenvalue weighted by Gasteiger charge is 2.46. The van der Waals surface area contributed by atoms with Crippen LogP contribution in [0.15, 0.2) is 0 Å². The molecule has 0 aromatic heterocycles. The molecule has 1 N–H and O–H groups in total. The lowest BCUT2D eigenvalue weighted by molar-refractivity contribution is 0.00343. The largest absolute Gasteiger partial charge is 0.383 e. The number of piperazine rings is 1. The van der Waals surface area contributed by atoms with Gasteiger partial charge in [-0.05, 0) is 38.5 Å². The van der Waals surface area contributed by atoms with E-state index in [2.05, 4.69) is 31.0 Å². The van der Waals surface area contributed by atoms with Gasteiger partial charge in [-0.25, -0.2) is 0 Å². The summed E-state index contributed by atoms with van der Waals surface area (Å²) in [5.41, 5.74) is 0.340. The van der Waals surface area contributed by atoms with Crippen LogP contribution in [-0.2, 0) is 4.74 Å². The molecule has 3 unspecified atom stereocenters. The molecule has 0 bridgehead atoms. The van der Waals surface area contributed by atoms with E-state index in [1.807, 2.05) is 7.11 Å². The Labute approximate surface area is 112 Å². The van der Waals surface area contributed by atoms with Crippen molar-refractivity contribution in [3.05, 3.63) is 0 Å². The molecule has 1 aliphatic heterocycles. The van der Waals surface area contributed by atoms with Crippen molar-refractivity contribution >= 4 is 0 Å². The Hall–Kier alpha value is -0.120. The maximum Gasteiger partial charge on any atom is 0.0618 e. The summed E-state index contributed by atoms with van der Waals surface area (Å²) in [7, 11) is 1.83. The van der Waals surface area contributed by atoms with Crippen LogP contribution in [0.2, 0.25) is 0 Å². The first kappa shape index (κ1) is 14.3. The molecule has 3 nitrogen and oxygen atoms in total. The molecule has 1 saturated carbocycles. The molecule has 0 aromatic rings. The second kappa shape index (κ2) is 5.89. The Morgan fingerprint density at radius 1 is 1.39 bits per heavy atom. The van der Waals surface area contributed by atoms with Gasteiger partial charge in [0.15, 0.2) is 0 Å². The van der Waals surface area contributed by atoms with Crippen LogP contribution in [0.4, 0.5) is 0 Å². The summed E-state index contributed by atoms with van der Waals surface area (Å²) in [4.78, 5) is 2.72. The average molecular weight is 254 g/mol. The van der Waals surface area contributed by atoms with Crippen LogP contribution >= 0.6 is 0 Å². The van der Waals surface area contributed by atoms with E-state index in [1.165, 1.54) is 32.2 Å². The zero-order valence-corrected chi connectivity index (χ0v) is 12.5. The Kier molecular flexibility index (Phi) is 4.68. The summed E-state index contributed by atoms with van der Waals surface area (Å²) in [6.07, 6.45) is 5.24. The highest BCUT2D eigenvalue weighted by molar-refractivity contribution is 5.04. The fourth-order valence-corrected chi connectivity index (χ4v) is 3.47. The summed E-state index contributed by atoms with van der Waals surface area (Å²) in [6.45, 7) is 10.2. The minimum Gasteiger partial charge on any atom is -0.383 e. The molecule has 0 aromatic carbocycles. The molecule has 1 aliphatic carbocycles. The van der Waals surface area contributed by atoms with Gasteiger partial charge in [0, 0.05) is 37.8 Å². The number of methoxy groups -OCH3 is 1. The van der Waals surface area contributed by atoms with Crippen LogP contribution in [0.5, 0.6) is 0 Å². The monoisotopic (exact) mass is 254 g/mol. The van der Waals surface area contributed by atoms with Gasteiger partial charge in [0.25, 0.3) is 0 Å². The molecule has 3 heteroatoms. The summed E-state index contributed by atoms with van der Waals surface area (Å²) in [5.74, 6) is 0.901. The highest BCUT2D eigenvalue weighted by atomic mass is 16.5. The minimum atomic E-state index is 0.340. The number of nitrogens with one attached hydrogen (secondary N) is 1. The fourth-order valence-electron chi connectivity index (χ4n) is 3.47. The van der Waals surface area contributed by atoms with Gasteiger partial charge in [-0.2, -0.15) is 0 Å². The standard InChI is InChI=1S/C15H30N2O/c1-5-13-9-16-15(3,12-7-8-12)11-17(13)14(6-2)10-18-4/h12-14,16H,5-11H2,1-4H3. The van der Waals surface area contributed by atoms with Crippen LogP contribution in [0, 0.1) is 5.92 Å². The highest BCUT2D eigenvalue weighted by Crippen LogP contribution is 2.42. The normalized spacial score (nSPS) is 35.7. The molecule has 1 heterocycles. The molecule has 2 aliphatic rings. The lowest BCUT2D eigenvalue weighted by Crippen LogP contribution is -2.66. The summed E-state index contributed by atoms with van der Waals surface area (Å²) in [5, 5.41) is 3.83. The predicted octanol–water partition coefficient (Wildman–Crippen LogP) is 2.26. The Morgan fingerprint density at radius 2 is 2.11 bits per heavy atom. The summed E-state index contributed by atoms with van der Waals surface area (Å²) in [6, 6.07) is 1.26. The van der Waals surface area contributed by atoms with Crippen LogP contribution in [0.1, 0.15) is 46.5 Å². The first-order valence-electron chi connectivity index (χ1n) is 7.64. The maximum atomic E-state index is 5.42. The first-order valence-corrected chi connectivity index (χ1v) is 7.64. The molecule has 3 atom stereocenters. The van der Waals surface area contributed by atoms with E-state index in [9.17, 15) is 0 Å². The van der Waals surface area contributed by atoms with Crippen LogP contribution in [0.25, 0.3) is 0 Å². The second-order valence-electron chi connectivity index (χ2n) is 6.32. The quantitative estimate of drug-likeness (QED) is 0.787. The molecule has 106 valence electrons. The molecule has 1 saturated heterocycles. The third-order valence-electron chi connectivity index (χ3n) is 4.97. The lowest BCUT2D eigenvalue weighted by Gasteiger charge is -2.49. The maximum absolute atomic E-state index is 5.42. The van der Waals surface area contributed by atoms with Crippen molar-refractivity contribution in [3.8, 4) is 0 Å². The van der Waals surface area contributed by atoms with Gasteiger partial charge in [0.1, 0.15) is 0 Å². The number of ether oxygens (including phenoxy) is 1. The molecule has 2 rings (SSSR count). The van der Waals surface area contributed by atoms with Gasteiger partial charge in [-0.15, -0.1) is 0 Å². The van der Waals surface area contributed by atoms with Gasteiger partial charge in [0.05, 0.1) is 6.61 Å². The van der Waals surface area contributed by atoms with Crippen molar-refractivity contribution in [3.63, 3.8) is 0 Å². The van der Waals surface area contributed by atoms with Gasteiger partial charge in [-0.3, -0.25) is 4.90 Å². The van der Waals surface area contributed by atoms with Crippen molar-refractivity contribution in [1.29, 1.82) is 0 Å². The molecular weight excluding hydrogens is 224 g/mol. The van der Waals surface area contributed by atoms with Crippen molar-refractivity contribution in [2.24, 2.45) is 5.92 Å². The Bertz CT molecular complexity index is 267. The van der Waals surface area contributed by atoms with Gasteiger partial charge < -0.3 is 10.1 Å². The predicted molar refractivity (Wildman–Crippen MR) is 75.9 cm³/mol. The van der Waals surface area contributed by atoms with E-state index in [4.69, 9.17) is 4.74 Å².